The van der Waals surface area contributed by atoms with Crippen molar-refractivity contribution in [3.63, 3.8) is 0 Å². The molecule has 0 atom stereocenters. The number of amides is 1. The Balaban J connectivity index is 2.69. The van der Waals surface area contributed by atoms with Crippen molar-refractivity contribution in [3.8, 4) is 11.8 Å². The number of rotatable bonds is 7. The predicted molar refractivity (Wildman–Crippen MR) is 75.5 cm³/mol. The van der Waals surface area contributed by atoms with E-state index in [9.17, 15) is 9.59 Å². The zero-order valence-corrected chi connectivity index (χ0v) is 11.7. The number of nitrogens with zero attached hydrogens (tertiary/aromatic N) is 1. The standard InChI is InChI=1S/C14H17N3O4/c1-2-20-14(19)11-5-4-10(16)8-12(11)21-9-13(18)17-7-3-6-15/h4-5,8H,2-3,7,9,16H2,1H3,(H,17,18). The molecule has 0 saturated carbocycles. The summed E-state index contributed by atoms with van der Waals surface area (Å²) in [6.07, 6.45) is 0.220. The molecule has 0 radical (unpaired) electrons. The number of hydrogen-bond donors (Lipinski definition) is 2. The second kappa shape index (κ2) is 8.43. The molecule has 21 heavy (non-hydrogen) atoms. The van der Waals surface area contributed by atoms with Crippen molar-refractivity contribution in [2.24, 2.45) is 0 Å². The third-order valence-corrected chi connectivity index (χ3v) is 2.42. The molecule has 1 rings (SSSR count). The van der Waals surface area contributed by atoms with E-state index in [2.05, 4.69) is 5.32 Å². The lowest BCUT2D eigenvalue weighted by Gasteiger charge is -2.11. The number of nitrogen functional groups attached to an aromatic ring is 1. The first-order valence-corrected chi connectivity index (χ1v) is 6.41. The molecule has 0 unspecified atom stereocenters. The number of hydrogen-bond acceptors (Lipinski definition) is 6. The van der Waals surface area contributed by atoms with Gasteiger partial charge in [-0.25, -0.2) is 4.79 Å². The molecule has 0 aromatic heterocycles. The summed E-state index contributed by atoms with van der Waals surface area (Å²) in [6.45, 7) is 1.90. The fourth-order valence-corrected chi connectivity index (χ4v) is 1.49. The van der Waals surface area contributed by atoms with E-state index < -0.39 is 5.97 Å². The maximum absolute atomic E-state index is 11.8. The summed E-state index contributed by atoms with van der Waals surface area (Å²) in [7, 11) is 0. The van der Waals surface area contributed by atoms with Crippen molar-refractivity contribution in [1.29, 1.82) is 5.26 Å². The molecule has 7 heteroatoms. The van der Waals surface area contributed by atoms with Gasteiger partial charge in [-0.05, 0) is 19.1 Å². The van der Waals surface area contributed by atoms with E-state index in [4.69, 9.17) is 20.5 Å². The molecule has 0 aliphatic heterocycles. The van der Waals surface area contributed by atoms with Gasteiger partial charge in [-0.15, -0.1) is 0 Å². The molecule has 0 aliphatic carbocycles. The molecule has 0 aliphatic rings. The van der Waals surface area contributed by atoms with Crippen LogP contribution in [-0.4, -0.2) is 31.6 Å². The Kier molecular flexibility index (Phi) is 6.54. The molecule has 0 spiro atoms. The molecule has 0 bridgehead atoms. The number of carbonyl (C=O) groups is 2. The van der Waals surface area contributed by atoms with Crippen molar-refractivity contribution in [1.82, 2.24) is 5.32 Å². The molecule has 1 aromatic carbocycles. The molecule has 0 heterocycles. The van der Waals surface area contributed by atoms with Crippen LogP contribution in [0.1, 0.15) is 23.7 Å². The quantitative estimate of drug-likeness (QED) is 0.437. The SMILES string of the molecule is CCOC(=O)c1ccc(N)cc1OCC(=O)NCCC#N. The summed E-state index contributed by atoms with van der Waals surface area (Å²) < 4.78 is 10.2. The van der Waals surface area contributed by atoms with E-state index in [0.717, 1.165) is 0 Å². The van der Waals surface area contributed by atoms with Crippen LogP contribution < -0.4 is 15.8 Å². The summed E-state index contributed by atoms with van der Waals surface area (Å²) in [5.74, 6) is -0.747. The number of ether oxygens (including phenoxy) is 2. The van der Waals surface area contributed by atoms with Gasteiger partial charge in [-0.1, -0.05) is 0 Å². The Morgan fingerprint density at radius 1 is 1.43 bits per heavy atom. The highest BCUT2D eigenvalue weighted by atomic mass is 16.5. The van der Waals surface area contributed by atoms with Crippen molar-refractivity contribution in [3.05, 3.63) is 23.8 Å². The maximum Gasteiger partial charge on any atom is 0.341 e. The van der Waals surface area contributed by atoms with E-state index in [0.29, 0.717) is 5.69 Å². The highest BCUT2D eigenvalue weighted by Gasteiger charge is 2.15. The Morgan fingerprint density at radius 2 is 2.19 bits per heavy atom. The summed E-state index contributed by atoms with van der Waals surface area (Å²) >= 11 is 0. The summed E-state index contributed by atoms with van der Waals surface area (Å²) in [5, 5.41) is 10.9. The zero-order chi connectivity index (χ0) is 15.7. The summed E-state index contributed by atoms with van der Waals surface area (Å²) in [4.78, 5) is 23.2. The van der Waals surface area contributed by atoms with E-state index in [1.54, 1.807) is 13.0 Å². The van der Waals surface area contributed by atoms with Crippen molar-refractivity contribution in [2.75, 3.05) is 25.5 Å². The Hall–Kier alpha value is -2.75. The van der Waals surface area contributed by atoms with Gasteiger partial charge in [0.1, 0.15) is 11.3 Å². The average molecular weight is 291 g/mol. The lowest BCUT2D eigenvalue weighted by molar-refractivity contribution is -0.123. The molecule has 7 nitrogen and oxygen atoms in total. The van der Waals surface area contributed by atoms with Gasteiger partial charge < -0.3 is 20.5 Å². The fraction of sp³-hybridized carbons (Fsp3) is 0.357. The molecule has 3 N–H and O–H groups in total. The van der Waals surface area contributed by atoms with Gasteiger partial charge in [-0.3, -0.25) is 4.79 Å². The molecule has 1 aromatic rings. The molecule has 0 saturated heterocycles. The van der Waals surface area contributed by atoms with Gasteiger partial charge in [0.25, 0.3) is 5.91 Å². The monoisotopic (exact) mass is 291 g/mol. The number of nitrogens with two attached hydrogens (primary N) is 1. The van der Waals surface area contributed by atoms with E-state index >= 15 is 0 Å². The molecule has 112 valence electrons. The van der Waals surface area contributed by atoms with Gasteiger partial charge in [0.05, 0.1) is 19.1 Å². The third kappa shape index (κ3) is 5.40. The van der Waals surface area contributed by atoms with Crippen LogP contribution in [-0.2, 0) is 9.53 Å². The van der Waals surface area contributed by atoms with Crippen LogP contribution in [0.5, 0.6) is 5.75 Å². The van der Waals surface area contributed by atoms with Gasteiger partial charge in [0, 0.05) is 18.3 Å². The third-order valence-electron chi connectivity index (χ3n) is 2.42. The number of carbonyl (C=O) groups excluding carboxylic acids is 2. The lowest BCUT2D eigenvalue weighted by atomic mass is 10.2. The lowest BCUT2D eigenvalue weighted by Crippen LogP contribution is -2.29. The topological polar surface area (TPSA) is 114 Å². The van der Waals surface area contributed by atoms with Crippen molar-refractivity contribution < 1.29 is 19.1 Å². The second-order valence-corrected chi connectivity index (χ2v) is 4.02. The highest BCUT2D eigenvalue weighted by molar-refractivity contribution is 5.93. The van der Waals surface area contributed by atoms with E-state index in [-0.39, 0.29) is 43.4 Å². The largest absolute Gasteiger partial charge is 0.483 e. The van der Waals surface area contributed by atoms with E-state index in [1.165, 1.54) is 12.1 Å². The van der Waals surface area contributed by atoms with Gasteiger partial charge in [-0.2, -0.15) is 5.26 Å². The minimum atomic E-state index is -0.544. The smallest absolute Gasteiger partial charge is 0.341 e. The Morgan fingerprint density at radius 3 is 2.86 bits per heavy atom. The summed E-state index contributed by atoms with van der Waals surface area (Å²) in [5.41, 5.74) is 6.25. The first-order valence-electron chi connectivity index (χ1n) is 6.41. The van der Waals surface area contributed by atoms with Crippen molar-refractivity contribution >= 4 is 17.6 Å². The molecule has 1 amide bonds. The number of nitriles is 1. The number of esters is 1. The van der Waals surface area contributed by atoms with Crippen molar-refractivity contribution in [2.45, 2.75) is 13.3 Å². The molecule has 0 fully saturated rings. The van der Waals surface area contributed by atoms with Crippen LogP contribution in [0, 0.1) is 11.3 Å². The Bertz CT molecular complexity index is 552. The van der Waals surface area contributed by atoms with Crippen LogP contribution >= 0.6 is 0 Å². The van der Waals surface area contributed by atoms with Crippen LogP contribution in [0.25, 0.3) is 0 Å². The molecular formula is C14H17N3O4. The second-order valence-electron chi connectivity index (χ2n) is 4.02. The van der Waals surface area contributed by atoms with Crippen LogP contribution in [0.3, 0.4) is 0 Å². The van der Waals surface area contributed by atoms with Gasteiger partial charge in [0.15, 0.2) is 6.61 Å². The average Bonchev–Trinajstić information content (AvgIpc) is 2.45. The number of nitrogens with one attached hydrogen (secondary N) is 1. The number of anilines is 1. The van der Waals surface area contributed by atoms with Crippen LogP contribution in [0.4, 0.5) is 5.69 Å². The Labute approximate surface area is 122 Å². The maximum atomic E-state index is 11.8. The fourth-order valence-electron chi connectivity index (χ4n) is 1.49. The van der Waals surface area contributed by atoms with E-state index in [1.807, 2.05) is 6.07 Å². The van der Waals surface area contributed by atoms with Gasteiger partial charge >= 0.3 is 5.97 Å². The summed E-state index contributed by atoms with van der Waals surface area (Å²) in [6, 6.07) is 6.39. The zero-order valence-electron chi connectivity index (χ0n) is 11.7. The minimum Gasteiger partial charge on any atom is -0.483 e. The minimum absolute atomic E-state index is 0.184. The molecular weight excluding hydrogens is 274 g/mol. The highest BCUT2D eigenvalue weighted by Crippen LogP contribution is 2.22. The van der Waals surface area contributed by atoms with Gasteiger partial charge in [0.2, 0.25) is 0 Å². The normalized spacial score (nSPS) is 9.52. The number of benzene rings is 1. The first-order chi connectivity index (χ1) is 10.1. The van der Waals surface area contributed by atoms with Crippen LogP contribution in [0.2, 0.25) is 0 Å². The predicted octanol–water partition coefficient (Wildman–Crippen LogP) is 0.854. The first kappa shape index (κ1) is 16.3. The van der Waals surface area contributed by atoms with Crippen LogP contribution in [0.15, 0.2) is 18.2 Å².